The molecule has 0 bridgehead atoms. The Hall–Kier alpha value is -1.96. The van der Waals surface area contributed by atoms with Crippen LogP contribution in [0.1, 0.15) is 79.3 Å². The Morgan fingerprint density at radius 3 is 2.62 bits per heavy atom. The maximum Gasteiger partial charge on any atom is 0.170 e. The molecule has 2 atom stereocenters. The molecule has 0 aromatic carbocycles. The lowest BCUT2D eigenvalue weighted by Crippen LogP contribution is -2.39. The van der Waals surface area contributed by atoms with Crippen LogP contribution in [0.15, 0.2) is 30.5 Å². The molecule has 1 saturated carbocycles. The van der Waals surface area contributed by atoms with E-state index in [4.69, 9.17) is 21.9 Å². The molecule has 0 radical (unpaired) electrons. The second kappa shape index (κ2) is 10.8. The highest BCUT2D eigenvalue weighted by Crippen LogP contribution is 2.42. The van der Waals surface area contributed by atoms with E-state index >= 15 is 0 Å². The average Bonchev–Trinajstić information content (AvgIpc) is 3.35. The van der Waals surface area contributed by atoms with Gasteiger partial charge in [-0.05, 0) is 69.1 Å². The van der Waals surface area contributed by atoms with Crippen molar-refractivity contribution in [1.29, 1.82) is 0 Å². The highest BCUT2D eigenvalue weighted by atomic mass is 32.1. The van der Waals surface area contributed by atoms with Gasteiger partial charge in [-0.2, -0.15) is 0 Å². The molecule has 4 heterocycles. The van der Waals surface area contributed by atoms with Crippen molar-refractivity contribution in [1.82, 2.24) is 24.7 Å². The lowest BCUT2D eigenvalue weighted by Gasteiger charge is -2.31. The number of pyridine rings is 1. The van der Waals surface area contributed by atoms with E-state index in [9.17, 15) is 0 Å². The fourth-order valence-corrected chi connectivity index (χ4v) is 6.61. The monoisotopic (exact) mass is 481 g/mol. The number of nitrogens with one attached hydrogen (secondary N) is 1. The third-order valence-corrected chi connectivity index (χ3v) is 8.31. The van der Waals surface area contributed by atoms with Gasteiger partial charge < -0.3 is 19.5 Å². The average molecular weight is 482 g/mol. The molecule has 0 amide bonds. The quantitative estimate of drug-likeness (QED) is 0.579. The smallest absolute Gasteiger partial charge is 0.170 e. The number of ether oxygens (including phenoxy) is 1. The first-order valence-corrected chi connectivity index (χ1v) is 13.5. The summed E-state index contributed by atoms with van der Waals surface area (Å²) in [6.45, 7) is 10.4. The van der Waals surface area contributed by atoms with E-state index in [0.717, 1.165) is 56.6 Å². The molecule has 7 heteroatoms. The summed E-state index contributed by atoms with van der Waals surface area (Å²) in [5, 5.41) is 4.50. The van der Waals surface area contributed by atoms with Crippen LogP contribution in [0.25, 0.3) is 0 Å². The Morgan fingerprint density at radius 1 is 1.09 bits per heavy atom. The van der Waals surface area contributed by atoms with Crippen LogP contribution in [0.4, 0.5) is 0 Å². The molecular formula is C27H39N5OS. The van der Waals surface area contributed by atoms with E-state index in [1.807, 2.05) is 12.3 Å². The van der Waals surface area contributed by atoms with Gasteiger partial charge in [0, 0.05) is 49.8 Å². The zero-order valence-corrected chi connectivity index (χ0v) is 21.5. The first kappa shape index (κ1) is 23.8. The minimum atomic E-state index is 0.0670. The maximum atomic E-state index is 5.92. The predicted octanol–water partition coefficient (Wildman–Crippen LogP) is 4.70. The Bertz CT molecular complexity index is 965. The van der Waals surface area contributed by atoms with Gasteiger partial charge >= 0.3 is 0 Å². The highest BCUT2D eigenvalue weighted by molar-refractivity contribution is 7.80. The second-order valence-corrected chi connectivity index (χ2v) is 10.5. The molecule has 184 valence electrons. The number of aromatic nitrogens is 2. The van der Waals surface area contributed by atoms with Crippen LogP contribution >= 0.6 is 12.2 Å². The SMILES string of the molecule is Cc1cc([C@@H]2[C@@H](c3ccccn3)NC(=S)N2CCCN2CCOCC2)c(C)n1C1CCCCC1. The van der Waals surface area contributed by atoms with Crippen LogP contribution in [0, 0.1) is 13.8 Å². The van der Waals surface area contributed by atoms with E-state index in [1.54, 1.807) is 0 Å². The van der Waals surface area contributed by atoms with Crippen LogP contribution in [0.3, 0.4) is 0 Å². The molecule has 2 aliphatic heterocycles. The lowest BCUT2D eigenvalue weighted by molar-refractivity contribution is 0.0365. The summed E-state index contributed by atoms with van der Waals surface area (Å²) < 4.78 is 8.14. The lowest BCUT2D eigenvalue weighted by atomic mass is 9.94. The van der Waals surface area contributed by atoms with Crippen LogP contribution < -0.4 is 5.32 Å². The normalized spacial score (nSPS) is 24.5. The minimum absolute atomic E-state index is 0.0670. The van der Waals surface area contributed by atoms with Gasteiger partial charge in [0.2, 0.25) is 0 Å². The zero-order chi connectivity index (χ0) is 23.5. The van der Waals surface area contributed by atoms with Crippen molar-refractivity contribution in [2.75, 3.05) is 39.4 Å². The van der Waals surface area contributed by atoms with Gasteiger partial charge in [-0.15, -0.1) is 0 Å². The molecule has 3 fully saturated rings. The summed E-state index contributed by atoms with van der Waals surface area (Å²) in [4.78, 5) is 9.67. The molecule has 2 aromatic heterocycles. The summed E-state index contributed by atoms with van der Waals surface area (Å²) in [7, 11) is 0. The Labute approximate surface area is 209 Å². The fraction of sp³-hybridized carbons (Fsp3) is 0.630. The summed E-state index contributed by atoms with van der Waals surface area (Å²) in [6.07, 6.45) is 9.64. The second-order valence-electron chi connectivity index (χ2n) is 10.1. The van der Waals surface area contributed by atoms with Gasteiger partial charge in [0.25, 0.3) is 0 Å². The third kappa shape index (κ3) is 4.88. The van der Waals surface area contributed by atoms with E-state index in [0.29, 0.717) is 6.04 Å². The van der Waals surface area contributed by atoms with E-state index < -0.39 is 0 Å². The molecule has 0 spiro atoms. The third-order valence-electron chi connectivity index (χ3n) is 7.96. The molecule has 0 unspecified atom stereocenters. The van der Waals surface area contributed by atoms with E-state index in [2.05, 4.69) is 51.7 Å². The summed E-state index contributed by atoms with van der Waals surface area (Å²) in [6, 6.07) is 9.48. The van der Waals surface area contributed by atoms with Crippen molar-refractivity contribution in [3.63, 3.8) is 0 Å². The predicted molar refractivity (Wildman–Crippen MR) is 140 cm³/mol. The number of nitrogens with zero attached hydrogens (tertiary/aromatic N) is 4. The molecule has 1 aliphatic carbocycles. The number of hydrogen-bond acceptors (Lipinski definition) is 4. The summed E-state index contributed by atoms with van der Waals surface area (Å²) >= 11 is 5.92. The molecule has 34 heavy (non-hydrogen) atoms. The maximum absolute atomic E-state index is 5.92. The van der Waals surface area contributed by atoms with Crippen molar-refractivity contribution in [3.05, 3.63) is 53.1 Å². The zero-order valence-electron chi connectivity index (χ0n) is 20.7. The molecule has 2 aromatic rings. The Kier molecular flexibility index (Phi) is 7.52. The van der Waals surface area contributed by atoms with Crippen molar-refractivity contribution < 1.29 is 4.74 Å². The van der Waals surface area contributed by atoms with E-state index in [1.165, 1.54) is 49.1 Å². The van der Waals surface area contributed by atoms with Crippen molar-refractivity contribution in [2.24, 2.45) is 0 Å². The standard InChI is InChI=1S/C27H39N5OS/c1-20-19-23(21(2)32(20)22-9-4-3-5-10-22)26-25(24-11-6-7-12-28-24)29-27(34)31(26)14-8-13-30-15-17-33-18-16-30/h6-7,11-12,19,22,25-26H,3-5,8-10,13-18H2,1-2H3,(H,29,34)/t25-,26-/m1/s1. The first-order valence-electron chi connectivity index (χ1n) is 13.1. The van der Waals surface area contributed by atoms with Crippen molar-refractivity contribution in [2.45, 2.75) is 70.5 Å². The van der Waals surface area contributed by atoms with Crippen molar-refractivity contribution in [3.8, 4) is 0 Å². The van der Waals surface area contributed by atoms with Gasteiger partial charge in [-0.25, -0.2) is 0 Å². The molecule has 6 nitrogen and oxygen atoms in total. The molecule has 2 saturated heterocycles. The molecule has 1 N–H and O–H groups in total. The first-order chi connectivity index (χ1) is 16.6. The van der Waals surface area contributed by atoms with Crippen LogP contribution in [0.2, 0.25) is 0 Å². The van der Waals surface area contributed by atoms with Gasteiger partial charge in [-0.1, -0.05) is 25.3 Å². The van der Waals surface area contributed by atoms with Crippen molar-refractivity contribution >= 4 is 17.3 Å². The fourth-order valence-electron chi connectivity index (χ4n) is 6.28. The minimum Gasteiger partial charge on any atom is -0.379 e. The number of rotatable bonds is 7. The Morgan fingerprint density at radius 2 is 1.88 bits per heavy atom. The van der Waals surface area contributed by atoms with Gasteiger partial charge in [0.05, 0.1) is 31.0 Å². The molecular weight excluding hydrogens is 442 g/mol. The number of thiocarbonyl (C=S) groups is 1. The number of aryl methyl sites for hydroxylation is 1. The Balaban J connectivity index is 1.42. The van der Waals surface area contributed by atoms with Crippen LogP contribution in [-0.4, -0.2) is 63.9 Å². The number of hydrogen-bond donors (Lipinski definition) is 1. The molecule has 3 aliphatic rings. The van der Waals surface area contributed by atoms with Crippen LogP contribution in [0.5, 0.6) is 0 Å². The van der Waals surface area contributed by atoms with Gasteiger partial charge in [0.15, 0.2) is 5.11 Å². The van der Waals surface area contributed by atoms with Crippen LogP contribution in [-0.2, 0) is 4.74 Å². The van der Waals surface area contributed by atoms with E-state index in [-0.39, 0.29) is 12.1 Å². The largest absolute Gasteiger partial charge is 0.379 e. The molecule has 5 rings (SSSR count). The highest BCUT2D eigenvalue weighted by Gasteiger charge is 2.41. The summed E-state index contributed by atoms with van der Waals surface area (Å²) in [5.41, 5.74) is 5.25. The summed E-state index contributed by atoms with van der Waals surface area (Å²) in [5.74, 6) is 0. The van der Waals surface area contributed by atoms with Gasteiger partial charge in [0.1, 0.15) is 0 Å². The topological polar surface area (TPSA) is 45.6 Å². The number of morpholine rings is 1. The van der Waals surface area contributed by atoms with Gasteiger partial charge in [-0.3, -0.25) is 9.88 Å².